The number of amides is 1. The zero-order valence-electron chi connectivity index (χ0n) is 13.5. The number of benzene rings is 1. The lowest BCUT2D eigenvalue weighted by Crippen LogP contribution is -2.28. The number of fused-ring (bicyclic) bond motifs is 1. The van der Waals surface area contributed by atoms with Crippen LogP contribution in [-0.2, 0) is 7.05 Å². The molecule has 0 unspecified atom stereocenters. The fourth-order valence-electron chi connectivity index (χ4n) is 3.25. The van der Waals surface area contributed by atoms with Gasteiger partial charge in [0.1, 0.15) is 11.5 Å². The molecule has 23 heavy (non-hydrogen) atoms. The highest BCUT2D eigenvalue weighted by Crippen LogP contribution is 2.27. The summed E-state index contributed by atoms with van der Waals surface area (Å²) >= 11 is 1.97. The van der Waals surface area contributed by atoms with Gasteiger partial charge < -0.3 is 9.88 Å². The molecular weight excluding hydrogens is 311 g/mol. The maximum atomic E-state index is 13.3. The van der Waals surface area contributed by atoms with Crippen LogP contribution in [0.4, 0.5) is 4.39 Å². The number of hydrogen-bond acceptors (Lipinski definition) is 2. The van der Waals surface area contributed by atoms with Crippen molar-refractivity contribution in [2.24, 2.45) is 7.05 Å². The second-order valence-corrected chi connectivity index (χ2v) is 7.59. The van der Waals surface area contributed by atoms with Gasteiger partial charge in [-0.25, -0.2) is 4.39 Å². The van der Waals surface area contributed by atoms with Crippen molar-refractivity contribution < 1.29 is 9.18 Å². The van der Waals surface area contributed by atoms with Crippen LogP contribution < -0.4 is 5.32 Å². The lowest BCUT2D eigenvalue weighted by atomic mass is 10.0. The summed E-state index contributed by atoms with van der Waals surface area (Å²) in [5, 5.41) is 4.50. The summed E-state index contributed by atoms with van der Waals surface area (Å²) in [6.45, 7) is 0.676. The number of hydrogen-bond donors (Lipinski definition) is 1. The first-order chi connectivity index (χ1) is 11.1. The quantitative estimate of drug-likeness (QED) is 0.835. The van der Waals surface area contributed by atoms with E-state index in [1.165, 1.54) is 44.2 Å². The van der Waals surface area contributed by atoms with Gasteiger partial charge >= 0.3 is 0 Å². The van der Waals surface area contributed by atoms with Gasteiger partial charge in [0.05, 0.1) is 0 Å². The normalized spacial score (nSPS) is 15.9. The Hall–Kier alpha value is -1.49. The Morgan fingerprint density at radius 1 is 1.30 bits per heavy atom. The van der Waals surface area contributed by atoms with Gasteiger partial charge in [0.15, 0.2) is 0 Å². The smallest absolute Gasteiger partial charge is 0.267 e. The lowest BCUT2D eigenvalue weighted by Gasteiger charge is -2.20. The number of carbonyl (C=O) groups excluding carboxylic acids is 1. The largest absolute Gasteiger partial charge is 0.350 e. The third kappa shape index (κ3) is 3.89. The molecule has 1 aliphatic carbocycles. The van der Waals surface area contributed by atoms with E-state index in [-0.39, 0.29) is 11.7 Å². The predicted octanol–water partition coefficient (Wildman–Crippen LogP) is 4.11. The van der Waals surface area contributed by atoms with E-state index in [1.54, 1.807) is 12.1 Å². The maximum absolute atomic E-state index is 13.3. The van der Waals surface area contributed by atoms with Crippen molar-refractivity contribution in [2.75, 3.05) is 12.3 Å². The minimum absolute atomic E-state index is 0.0895. The molecular formula is C18H23FN2OS. The summed E-state index contributed by atoms with van der Waals surface area (Å²) in [5.74, 6) is 0.585. The van der Waals surface area contributed by atoms with Crippen LogP contribution in [0.2, 0.25) is 0 Å². The molecule has 0 aliphatic heterocycles. The van der Waals surface area contributed by atoms with Crippen LogP contribution in [0.1, 0.15) is 42.6 Å². The predicted molar refractivity (Wildman–Crippen MR) is 94.5 cm³/mol. The number of aromatic nitrogens is 1. The van der Waals surface area contributed by atoms with Crippen LogP contribution in [-0.4, -0.2) is 28.0 Å². The first kappa shape index (κ1) is 16.4. The second kappa shape index (κ2) is 7.39. The van der Waals surface area contributed by atoms with Crippen molar-refractivity contribution in [2.45, 2.75) is 37.4 Å². The van der Waals surface area contributed by atoms with Crippen LogP contribution >= 0.6 is 11.8 Å². The molecule has 0 radical (unpaired) electrons. The summed E-state index contributed by atoms with van der Waals surface area (Å²) in [6.07, 6.45) is 6.68. The molecule has 1 fully saturated rings. The summed E-state index contributed by atoms with van der Waals surface area (Å²) in [5.41, 5.74) is 1.45. The molecule has 1 saturated carbocycles. The molecule has 0 spiro atoms. The van der Waals surface area contributed by atoms with Crippen LogP contribution in [0.25, 0.3) is 10.9 Å². The van der Waals surface area contributed by atoms with E-state index in [9.17, 15) is 9.18 Å². The van der Waals surface area contributed by atoms with Gasteiger partial charge in [-0.15, -0.1) is 0 Å². The van der Waals surface area contributed by atoms with Gasteiger partial charge in [-0.3, -0.25) is 4.79 Å². The molecule has 1 aliphatic rings. The average Bonchev–Trinajstić information content (AvgIpc) is 2.88. The summed E-state index contributed by atoms with van der Waals surface area (Å²) in [4.78, 5) is 12.3. The van der Waals surface area contributed by atoms with Crippen molar-refractivity contribution in [3.8, 4) is 0 Å². The molecule has 0 saturated heterocycles. The molecule has 3 rings (SSSR count). The number of nitrogens with one attached hydrogen (secondary N) is 1. The van der Waals surface area contributed by atoms with E-state index in [0.29, 0.717) is 12.2 Å². The molecule has 1 aromatic carbocycles. The van der Waals surface area contributed by atoms with Crippen molar-refractivity contribution >= 4 is 28.6 Å². The van der Waals surface area contributed by atoms with Gasteiger partial charge in [0, 0.05) is 35.5 Å². The van der Waals surface area contributed by atoms with Crippen LogP contribution in [0.5, 0.6) is 0 Å². The fraction of sp³-hybridized carbons (Fsp3) is 0.500. The van der Waals surface area contributed by atoms with Gasteiger partial charge in [0.25, 0.3) is 5.91 Å². The molecule has 2 aromatic rings. The highest BCUT2D eigenvalue weighted by Gasteiger charge is 2.15. The molecule has 0 bridgehead atoms. The number of halogens is 1. The monoisotopic (exact) mass is 334 g/mol. The molecule has 0 atom stereocenters. The third-order valence-electron chi connectivity index (χ3n) is 4.53. The van der Waals surface area contributed by atoms with E-state index in [1.807, 2.05) is 23.4 Å². The van der Waals surface area contributed by atoms with Gasteiger partial charge in [-0.05, 0) is 37.1 Å². The van der Waals surface area contributed by atoms with E-state index in [0.717, 1.165) is 21.9 Å². The topological polar surface area (TPSA) is 34.0 Å². The number of aryl methyl sites for hydroxylation is 1. The number of rotatable bonds is 5. The Kier molecular flexibility index (Phi) is 5.26. The fourth-order valence-corrected chi connectivity index (χ4v) is 4.47. The zero-order valence-corrected chi connectivity index (χ0v) is 14.3. The standard InChI is InChI=1S/C18H23FN2OS/c1-21-16-8-7-14(19)11-13(16)12-17(21)18(22)20-9-10-23-15-5-3-2-4-6-15/h7-8,11-12,15H,2-6,9-10H2,1H3,(H,20,22). The molecule has 1 N–H and O–H groups in total. The minimum Gasteiger partial charge on any atom is -0.350 e. The minimum atomic E-state index is -0.279. The highest BCUT2D eigenvalue weighted by molar-refractivity contribution is 7.99. The molecule has 1 heterocycles. The van der Waals surface area contributed by atoms with E-state index in [4.69, 9.17) is 0 Å². The number of carbonyl (C=O) groups is 1. The highest BCUT2D eigenvalue weighted by atomic mass is 32.2. The number of thioether (sulfide) groups is 1. The molecule has 3 nitrogen and oxygen atoms in total. The van der Waals surface area contributed by atoms with E-state index < -0.39 is 0 Å². The molecule has 1 amide bonds. The van der Waals surface area contributed by atoms with Gasteiger partial charge in [-0.2, -0.15) is 11.8 Å². The Bertz CT molecular complexity index is 692. The summed E-state index contributed by atoms with van der Waals surface area (Å²) < 4.78 is 15.1. The van der Waals surface area contributed by atoms with Crippen molar-refractivity contribution in [1.82, 2.24) is 9.88 Å². The maximum Gasteiger partial charge on any atom is 0.267 e. The zero-order chi connectivity index (χ0) is 16.2. The van der Waals surface area contributed by atoms with Gasteiger partial charge in [-0.1, -0.05) is 19.3 Å². The lowest BCUT2D eigenvalue weighted by molar-refractivity contribution is 0.0948. The Morgan fingerprint density at radius 2 is 2.09 bits per heavy atom. The Morgan fingerprint density at radius 3 is 2.87 bits per heavy atom. The first-order valence-corrected chi connectivity index (χ1v) is 9.35. The average molecular weight is 334 g/mol. The Labute approximate surface area is 140 Å². The van der Waals surface area contributed by atoms with Crippen molar-refractivity contribution in [3.05, 3.63) is 35.8 Å². The number of nitrogens with zero attached hydrogens (tertiary/aromatic N) is 1. The molecule has 5 heteroatoms. The van der Waals surface area contributed by atoms with E-state index in [2.05, 4.69) is 5.32 Å². The Balaban J connectivity index is 1.54. The first-order valence-electron chi connectivity index (χ1n) is 8.30. The molecule has 124 valence electrons. The summed E-state index contributed by atoms with van der Waals surface area (Å²) in [7, 11) is 1.84. The van der Waals surface area contributed by atoms with Crippen molar-refractivity contribution in [1.29, 1.82) is 0 Å². The molecule has 1 aromatic heterocycles. The van der Waals surface area contributed by atoms with Crippen molar-refractivity contribution in [3.63, 3.8) is 0 Å². The van der Waals surface area contributed by atoms with Crippen LogP contribution in [0.15, 0.2) is 24.3 Å². The second-order valence-electron chi connectivity index (χ2n) is 6.18. The SMILES string of the molecule is Cn1c(C(=O)NCCSC2CCCCC2)cc2cc(F)ccc21. The van der Waals surface area contributed by atoms with E-state index >= 15 is 0 Å². The van der Waals surface area contributed by atoms with Crippen LogP contribution in [0.3, 0.4) is 0 Å². The summed E-state index contributed by atoms with van der Waals surface area (Å²) in [6, 6.07) is 6.35. The van der Waals surface area contributed by atoms with Gasteiger partial charge in [0.2, 0.25) is 0 Å². The third-order valence-corrected chi connectivity index (χ3v) is 5.91. The van der Waals surface area contributed by atoms with Crippen LogP contribution in [0, 0.1) is 5.82 Å².